The molecule has 5 heteroatoms. The highest BCUT2D eigenvalue weighted by Crippen LogP contribution is 2.25. The molecule has 1 radical (unpaired) electrons. The number of nitrogens with one attached hydrogen (secondary N) is 2. The minimum absolute atomic E-state index is 0.204. The summed E-state index contributed by atoms with van der Waals surface area (Å²) in [5, 5.41) is 6.73. The van der Waals surface area contributed by atoms with Crippen LogP contribution < -0.4 is 10.4 Å². The van der Waals surface area contributed by atoms with Gasteiger partial charge in [-0.25, -0.2) is 0 Å². The van der Waals surface area contributed by atoms with Crippen LogP contribution in [0.1, 0.15) is 109 Å². The Balaban J connectivity index is 1.74. The van der Waals surface area contributed by atoms with Crippen molar-refractivity contribution in [2.45, 2.75) is 127 Å². The molecule has 1 amide bonds. The first kappa shape index (κ1) is 22.2. The van der Waals surface area contributed by atoms with E-state index in [0.29, 0.717) is 17.9 Å². The predicted octanol–water partition coefficient (Wildman–Crippen LogP) is 5.96. The van der Waals surface area contributed by atoms with Crippen molar-refractivity contribution in [1.82, 2.24) is 10.4 Å². The van der Waals surface area contributed by atoms with E-state index < -0.39 is 0 Å². The van der Waals surface area contributed by atoms with E-state index >= 15 is 0 Å². The van der Waals surface area contributed by atoms with Crippen molar-refractivity contribution >= 4 is 22.5 Å². The lowest BCUT2D eigenvalue weighted by Crippen LogP contribution is -2.38. The fraction of sp³-hybridized carbons (Fsp3) is 0.952. The molecule has 2 rings (SSSR count). The van der Waals surface area contributed by atoms with Crippen LogP contribution in [0.5, 0.6) is 0 Å². The fourth-order valence-electron chi connectivity index (χ4n) is 4.64. The Hall–Kier alpha value is -0.0751. The molecule has 0 aromatic carbocycles. The van der Waals surface area contributed by atoms with Gasteiger partial charge < -0.3 is 5.32 Å². The monoisotopic (exact) mass is 379 g/mol. The number of rotatable bonds is 4. The van der Waals surface area contributed by atoms with Crippen LogP contribution in [0.15, 0.2) is 0 Å². The number of hydrogen-bond acceptors (Lipinski definition) is 2. The second-order valence-corrected chi connectivity index (χ2v) is 8.95. The average molecular weight is 379 g/mol. The van der Waals surface area contributed by atoms with Gasteiger partial charge >= 0.3 is 0 Å². The van der Waals surface area contributed by atoms with Gasteiger partial charge in [0.1, 0.15) is 0 Å². The molecule has 2 fully saturated rings. The fourth-order valence-corrected chi connectivity index (χ4v) is 4.97. The molecule has 0 aromatic rings. The van der Waals surface area contributed by atoms with E-state index in [0.717, 1.165) is 12.8 Å². The van der Waals surface area contributed by atoms with E-state index in [1.165, 1.54) is 96.3 Å². The summed E-state index contributed by atoms with van der Waals surface area (Å²) in [4.78, 5) is 12.6. The van der Waals surface area contributed by atoms with Crippen molar-refractivity contribution in [3.05, 3.63) is 0 Å². The number of carbonyl (C=O) groups excluding carboxylic acids is 1. The summed E-state index contributed by atoms with van der Waals surface area (Å²) < 4.78 is 0. The lowest BCUT2D eigenvalue weighted by Gasteiger charge is -2.24. The van der Waals surface area contributed by atoms with Crippen molar-refractivity contribution in [3.8, 4) is 0 Å². The molecule has 0 spiro atoms. The first-order valence-corrected chi connectivity index (χ1v) is 12.0. The van der Waals surface area contributed by atoms with Crippen LogP contribution in [-0.4, -0.2) is 25.2 Å². The first-order valence-electron chi connectivity index (χ1n) is 11.4. The van der Waals surface area contributed by atoms with Crippen LogP contribution in [0.4, 0.5) is 4.79 Å². The maximum Gasteiger partial charge on any atom is 0.236 e. The quantitative estimate of drug-likeness (QED) is 0.467. The average Bonchev–Trinajstić information content (AvgIpc) is 2.65. The number of hydrogen-bond donors (Lipinski definition) is 2. The molecule has 0 aliphatic heterocycles. The molecular formula is C21H41BN2OP. The van der Waals surface area contributed by atoms with Crippen molar-refractivity contribution in [2.24, 2.45) is 0 Å². The van der Waals surface area contributed by atoms with Crippen LogP contribution in [0.3, 0.4) is 0 Å². The molecule has 3 unspecified atom stereocenters. The zero-order valence-electron chi connectivity index (χ0n) is 16.8. The second kappa shape index (κ2) is 14.0. The summed E-state index contributed by atoms with van der Waals surface area (Å²) in [7, 11) is 4.72. The molecule has 3 atom stereocenters. The minimum Gasteiger partial charge on any atom is -0.363 e. The Bertz CT molecular complexity index is 373. The molecule has 0 bridgehead atoms. The number of carbonyl (C=O) groups is 1. The predicted molar refractivity (Wildman–Crippen MR) is 117 cm³/mol. The summed E-state index contributed by atoms with van der Waals surface area (Å²) in [6.07, 6.45) is 21.7. The zero-order valence-corrected chi connectivity index (χ0v) is 18.0. The van der Waals surface area contributed by atoms with Crippen molar-refractivity contribution in [2.75, 3.05) is 0 Å². The van der Waals surface area contributed by atoms with Crippen LogP contribution in [0.25, 0.3) is 0 Å². The SMILES string of the molecule is O=C([B]C1CCCCCCCCC1)NC1CCCCCC(NP)CCC1. The van der Waals surface area contributed by atoms with Gasteiger partial charge in [-0.3, -0.25) is 9.88 Å². The minimum atomic E-state index is 0.204. The van der Waals surface area contributed by atoms with Gasteiger partial charge in [-0.15, -0.1) is 0 Å². The standard InChI is InChI=1S/C21H41BN2OP/c25-21(22-18-12-7-4-2-1-3-5-8-13-18)23-19-14-9-6-10-15-20(24-26)17-11-16-19/h18-20,24H,1-17,26H2,(H,23,25). The molecule has 0 heterocycles. The van der Waals surface area contributed by atoms with E-state index in [9.17, 15) is 4.79 Å². The third kappa shape index (κ3) is 9.74. The summed E-state index contributed by atoms with van der Waals surface area (Å²) in [5.41, 5.74) is 0. The van der Waals surface area contributed by atoms with Gasteiger partial charge in [0.15, 0.2) is 5.81 Å². The maximum absolute atomic E-state index is 12.6. The highest BCUT2D eigenvalue weighted by Gasteiger charge is 2.20. The maximum atomic E-state index is 12.6. The van der Waals surface area contributed by atoms with E-state index in [1.807, 2.05) is 7.28 Å². The van der Waals surface area contributed by atoms with Crippen LogP contribution in [0, 0.1) is 0 Å². The number of amides is 1. The van der Waals surface area contributed by atoms with E-state index in [-0.39, 0.29) is 5.81 Å². The lowest BCUT2D eigenvalue weighted by atomic mass is 9.59. The molecule has 3 nitrogen and oxygen atoms in total. The molecule has 2 N–H and O–H groups in total. The highest BCUT2D eigenvalue weighted by molar-refractivity contribution is 7.13. The normalized spacial score (nSPS) is 28.0. The van der Waals surface area contributed by atoms with Gasteiger partial charge in [0, 0.05) is 12.1 Å². The molecule has 149 valence electrons. The summed E-state index contributed by atoms with van der Waals surface area (Å²) in [6.45, 7) is 0. The van der Waals surface area contributed by atoms with Crippen LogP contribution >= 0.6 is 9.39 Å². The molecule has 2 aliphatic carbocycles. The van der Waals surface area contributed by atoms with Gasteiger partial charge in [0.05, 0.1) is 0 Å². The van der Waals surface area contributed by atoms with E-state index in [1.54, 1.807) is 0 Å². The smallest absolute Gasteiger partial charge is 0.236 e. The third-order valence-corrected chi connectivity index (χ3v) is 6.80. The van der Waals surface area contributed by atoms with Crippen molar-refractivity contribution < 1.29 is 4.79 Å². The first-order chi connectivity index (χ1) is 12.8. The Morgan fingerprint density at radius 2 is 1.12 bits per heavy atom. The largest absolute Gasteiger partial charge is 0.363 e. The molecule has 0 saturated heterocycles. The zero-order chi connectivity index (χ0) is 18.5. The van der Waals surface area contributed by atoms with Crippen LogP contribution in [-0.2, 0) is 0 Å². The second-order valence-electron chi connectivity index (χ2n) is 8.62. The lowest BCUT2D eigenvalue weighted by molar-refractivity contribution is 0.252. The topological polar surface area (TPSA) is 41.1 Å². The molecule has 26 heavy (non-hydrogen) atoms. The Kier molecular flexibility index (Phi) is 12.0. The highest BCUT2D eigenvalue weighted by atomic mass is 31.0. The van der Waals surface area contributed by atoms with Gasteiger partial charge in [0.25, 0.3) is 0 Å². The Morgan fingerprint density at radius 3 is 1.77 bits per heavy atom. The van der Waals surface area contributed by atoms with Gasteiger partial charge in [-0.05, 0) is 32.1 Å². The summed E-state index contributed by atoms with van der Waals surface area (Å²) in [5.74, 6) is 0.702. The van der Waals surface area contributed by atoms with Gasteiger partial charge in [0.2, 0.25) is 7.28 Å². The summed E-state index contributed by atoms with van der Waals surface area (Å²) >= 11 is 0. The van der Waals surface area contributed by atoms with Crippen molar-refractivity contribution in [1.29, 1.82) is 0 Å². The van der Waals surface area contributed by atoms with Gasteiger partial charge in [-0.2, -0.15) is 0 Å². The van der Waals surface area contributed by atoms with Crippen LogP contribution in [0.2, 0.25) is 5.82 Å². The van der Waals surface area contributed by atoms with Gasteiger partial charge in [-0.1, -0.05) is 92.3 Å². The Labute approximate surface area is 165 Å². The third-order valence-electron chi connectivity index (χ3n) is 6.33. The molecule has 2 aliphatic rings. The molecule has 0 aromatic heterocycles. The molecule has 2 saturated carbocycles. The van der Waals surface area contributed by atoms with E-state index in [4.69, 9.17) is 0 Å². The Morgan fingerprint density at radius 1 is 0.654 bits per heavy atom. The van der Waals surface area contributed by atoms with Crippen molar-refractivity contribution in [3.63, 3.8) is 0 Å². The molecular weight excluding hydrogens is 338 g/mol. The van der Waals surface area contributed by atoms with E-state index in [2.05, 4.69) is 19.8 Å². The summed E-state index contributed by atoms with van der Waals surface area (Å²) in [6, 6.07) is 1.01.